The average Bonchev–Trinajstić information content (AvgIpc) is 2.34. The Morgan fingerprint density at radius 3 is 2.59 bits per heavy atom. The summed E-state index contributed by atoms with van der Waals surface area (Å²) in [6, 6.07) is 6.59. The van der Waals surface area contributed by atoms with Crippen molar-refractivity contribution in [3.8, 4) is 0 Å². The lowest BCUT2D eigenvalue weighted by Crippen LogP contribution is -2.08. The molecule has 0 fully saturated rings. The Labute approximate surface area is 106 Å². The maximum atomic E-state index is 10.5. The van der Waals surface area contributed by atoms with Gasteiger partial charge in [0.25, 0.3) is 5.69 Å². The maximum Gasteiger partial charge on any atom is 0.269 e. The van der Waals surface area contributed by atoms with Crippen LogP contribution < -0.4 is 0 Å². The van der Waals surface area contributed by atoms with Crippen molar-refractivity contribution in [2.24, 2.45) is 0 Å². The summed E-state index contributed by atoms with van der Waals surface area (Å²) < 4.78 is 5.55. The molecule has 0 bridgehead atoms. The number of ether oxygens (including phenoxy) is 1. The van der Waals surface area contributed by atoms with Crippen LogP contribution in [-0.4, -0.2) is 23.4 Å². The van der Waals surface area contributed by atoms with Crippen molar-refractivity contribution >= 4 is 17.4 Å². The van der Waals surface area contributed by atoms with Crippen LogP contribution in [0.15, 0.2) is 29.2 Å². The summed E-state index contributed by atoms with van der Waals surface area (Å²) >= 11 is 1.65. The van der Waals surface area contributed by atoms with Gasteiger partial charge in [0.05, 0.1) is 17.6 Å². The number of hydrogen-bond acceptors (Lipinski definition) is 4. The van der Waals surface area contributed by atoms with Gasteiger partial charge in [-0.05, 0) is 25.5 Å². The van der Waals surface area contributed by atoms with Crippen molar-refractivity contribution in [2.75, 3.05) is 12.4 Å². The van der Waals surface area contributed by atoms with Crippen LogP contribution in [0.3, 0.4) is 0 Å². The molecular weight excluding hydrogens is 238 g/mol. The van der Waals surface area contributed by atoms with E-state index < -0.39 is 0 Å². The molecule has 0 N–H and O–H groups in total. The van der Waals surface area contributed by atoms with E-state index in [0.29, 0.717) is 12.7 Å². The van der Waals surface area contributed by atoms with E-state index in [4.69, 9.17) is 4.74 Å². The second-order valence-electron chi connectivity index (χ2n) is 3.69. The third-order valence-electron chi connectivity index (χ3n) is 2.38. The molecule has 1 rings (SSSR count). The fraction of sp³-hybridized carbons (Fsp3) is 0.500. The van der Waals surface area contributed by atoms with Gasteiger partial charge in [-0.2, -0.15) is 0 Å². The Kier molecular flexibility index (Phi) is 6.00. The highest BCUT2D eigenvalue weighted by Crippen LogP contribution is 2.21. The van der Waals surface area contributed by atoms with Crippen molar-refractivity contribution in [3.63, 3.8) is 0 Å². The highest BCUT2D eigenvalue weighted by Gasteiger charge is 2.04. The first kappa shape index (κ1) is 14.0. The van der Waals surface area contributed by atoms with Crippen molar-refractivity contribution in [1.82, 2.24) is 0 Å². The van der Waals surface area contributed by atoms with E-state index >= 15 is 0 Å². The lowest BCUT2D eigenvalue weighted by atomic mass is 10.3. The molecule has 0 aliphatic carbocycles. The predicted octanol–water partition coefficient (Wildman–Crippen LogP) is 3.50. The largest absolute Gasteiger partial charge is 0.378 e. The molecule has 1 aromatic carbocycles. The van der Waals surface area contributed by atoms with Gasteiger partial charge >= 0.3 is 0 Å². The number of rotatable bonds is 7. The van der Waals surface area contributed by atoms with Crippen LogP contribution >= 0.6 is 11.8 Å². The SMILES string of the molecule is CCC(C)OCCSc1ccc([N+](=O)[O-])cc1. The van der Waals surface area contributed by atoms with E-state index in [9.17, 15) is 10.1 Å². The molecule has 1 atom stereocenters. The Hall–Kier alpha value is -1.07. The molecule has 0 saturated heterocycles. The number of non-ortho nitro benzene ring substituents is 1. The van der Waals surface area contributed by atoms with Gasteiger partial charge in [0.15, 0.2) is 0 Å². The summed E-state index contributed by atoms with van der Waals surface area (Å²) in [7, 11) is 0. The maximum absolute atomic E-state index is 10.5. The third-order valence-corrected chi connectivity index (χ3v) is 3.35. The monoisotopic (exact) mass is 255 g/mol. The molecular formula is C12H17NO3S. The van der Waals surface area contributed by atoms with E-state index in [1.54, 1.807) is 23.9 Å². The van der Waals surface area contributed by atoms with Crippen molar-refractivity contribution in [3.05, 3.63) is 34.4 Å². The summed E-state index contributed by atoms with van der Waals surface area (Å²) in [4.78, 5) is 11.1. The van der Waals surface area contributed by atoms with E-state index in [1.165, 1.54) is 12.1 Å². The molecule has 17 heavy (non-hydrogen) atoms. The fourth-order valence-corrected chi connectivity index (χ4v) is 1.93. The molecule has 0 radical (unpaired) electrons. The zero-order valence-electron chi connectivity index (χ0n) is 10.1. The third kappa shape index (κ3) is 5.19. The zero-order valence-corrected chi connectivity index (χ0v) is 10.9. The second kappa shape index (κ2) is 7.29. The lowest BCUT2D eigenvalue weighted by Gasteiger charge is -2.09. The first-order valence-electron chi connectivity index (χ1n) is 5.62. The summed E-state index contributed by atoms with van der Waals surface area (Å²) in [5, 5.41) is 10.5. The summed E-state index contributed by atoms with van der Waals surface area (Å²) in [5.41, 5.74) is 0.130. The Morgan fingerprint density at radius 1 is 1.41 bits per heavy atom. The average molecular weight is 255 g/mol. The van der Waals surface area contributed by atoms with E-state index in [1.807, 2.05) is 0 Å². The smallest absolute Gasteiger partial charge is 0.269 e. The molecule has 4 nitrogen and oxygen atoms in total. The van der Waals surface area contributed by atoms with Crippen molar-refractivity contribution in [1.29, 1.82) is 0 Å². The topological polar surface area (TPSA) is 52.4 Å². The fourth-order valence-electron chi connectivity index (χ4n) is 1.19. The zero-order chi connectivity index (χ0) is 12.7. The first-order valence-corrected chi connectivity index (χ1v) is 6.61. The highest BCUT2D eigenvalue weighted by atomic mass is 32.2. The Balaban J connectivity index is 2.30. The molecule has 0 saturated carbocycles. The van der Waals surface area contributed by atoms with Crippen molar-refractivity contribution in [2.45, 2.75) is 31.3 Å². The molecule has 0 amide bonds. The van der Waals surface area contributed by atoms with Gasteiger partial charge < -0.3 is 4.74 Å². The number of nitro groups is 1. The number of nitrogens with zero attached hydrogens (tertiary/aromatic N) is 1. The number of hydrogen-bond donors (Lipinski definition) is 0. The minimum atomic E-state index is -0.388. The van der Waals surface area contributed by atoms with Crippen LogP contribution in [0, 0.1) is 10.1 Å². The quantitative estimate of drug-likeness (QED) is 0.324. The van der Waals surface area contributed by atoms with Crippen LogP contribution in [0.2, 0.25) is 0 Å². The van der Waals surface area contributed by atoms with Gasteiger partial charge in [0.1, 0.15) is 0 Å². The van der Waals surface area contributed by atoms with Gasteiger partial charge in [0.2, 0.25) is 0 Å². The van der Waals surface area contributed by atoms with Gasteiger partial charge in [0, 0.05) is 22.8 Å². The molecule has 0 aromatic heterocycles. The van der Waals surface area contributed by atoms with Gasteiger partial charge in [-0.3, -0.25) is 10.1 Å². The van der Waals surface area contributed by atoms with Gasteiger partial charge in [-0.1, -0.05) is 6.92 Å². The van der Waals surface area contributed by atoms with E-state index in [-0.39, 0.29) is 10.6 Å². The van der Waals surface area contributed by atoms with Gasteiger partial charge in [-0.25, -0.2) is 0 Å². The number of benzene rings is 1. The molecule has 0 spiro atoms. The molecule has 5 heteroatoms. The predicted molar refractivity (Wildman–Crippen MR) is 69.5 cm³/mol. The number of thioether (sulfide) groups is 1. The second-order valence-corrected chi connectivity index (χ2v) is 4.86. The van der Waals surface area contributed by atoms with Crippen LogP contribution in [0.1, 0.15) is 20.3 Å². The van der Waals surface area contributed by atoms with Crippen molar-refractivity contribution < 1.29 is 9.66 Å². The number of nitro benzene ring substituents is 1. The van der Waals surface area contributed by atoms with Crippen LogP contribution in [-0.2, 0) is 4.74 Å². The minimum Gasteiger partial charge on any atom is -0.378 e. The highest BCUT2D eigenvalue weighted by molar-refractivity contribution is 7.99. The Morgan fingerprint density at radius 2 is 2.06 bits per heavy atom. The Bertz CT molecular complexity index is 353. The van der Waals surface area contributed by atoms with Gasteiger partial charge in [-0.15, -0.1) is 11.8 Å². The normalized spacial score (nSPS) is 12.4. The molecule has 1 unspecified atom stereocenters. The molecule has 0 heterocycles. The first-order chi connectivity index (χ1) is 8.13. The van der Waals surface area contributed by atoms with Crippen LogP contribution in [0.25, 0.3) is 0 Å². The molecule has 0 aliphatic heterocycles. The molecule has 1 aromatic rings. The van der Waals surface area contributed by atoms with E-state index in [2.05, 4.69) is 13.8 Å². The summed E-state index contributed by atoms with van der Waals surface area (Å²) in [6.45, 7) is 4.85. The molecule has 0 aliphatic rings. The standard InChI is InChI=1S/C12H17NO3S/c1-3-10(2)16-8-9-17-12-6-4-11(5-7-12)13(14)15/h4-7,10H,3,8-9H2,1-2H3. The minimum absolute atomic E-state index is 0.130. The summed E-state index contributed by atoms with van der Waals surface area (Å²) in [6.07, 6.45) is 1.31. The lowest BCUT2D eigenvalue weighted by molar-refractivity contribution is -0.384. The van der Waals surface area contributed by atoms with Crippen LogP contribution in [0.4, 0.5) is 5.69 Å². The molecule has 94 valence electrons. The van der Waals surface area contributed by atoms with Crippen LogP contribution in [0.5, 0.6) is 0 Å². The van der Waals surface area contributed by atoms with E-state index in [0.717, 1.165) is 17.1 Å². The summed E-state index contributed by atoms with van der Waals surface area (Å²) in [5.74, 6) is 0.863.